The molecular weight excluding hydrogens is 358 g/mol. The van der Waals surface area contributed by atoms with Crippen molar-refractivity contribution in [3.8, 4) is 0 Å². The van der Waals surface area contributed by atoms with E-state index in [0.717, 1.165) is 54.5 Å². The zero-order valence-corrected chi connectivity index (χ0v) is 16.7. The molecule has 1 fully saturated rings. The van der Waals surface area contributed by atoms with E-state index in [9.17, 15) is 9.59 Å². The highest BCUT2D eigenvalue weighted by Crippen LogP contribution is 2.35. The van der Waals surface area contributed by atoms with E-state index < -0.39 is 0 Å². The summed E-state index contributed by atoms with van der Waals surface area (Å²) in [6.07, 6.45) is 6.24. The Bertz CT molecular complexity index is 895. The van der Waals surface area contributed by atoms with Crippen molar-refractivity contribution >= 4 is 23.5 Å². The fourth-order valence-corrected chi connectivity index (χ4v) is 3.75. The van der Waals surface area contributed by atoms with Crippen LogP contribution in [0.4, 0.5) is 5.69 Å². The third-order valence-electron chi connectivity index (χ3n) is 5.43. The van der Waals surface area contributed by atoms with Crippen LogP contribution < -0.4 is 4.90 Å². The Hall–Kier alpha value is -2.67. The molecular formula is C21H27N3O4. The minimum atomic E-state index is -0.292. The first kappa shape index (κ1) is 20.1. The van der Waals surface area contributed by atoms with E-state index in [0.29, 0.717) is 12.3 Å². The third kappa shape index (κ3) is 3.94. The number of esters is 1. The number of hydrogen-bond acceptors (Lipinski definition) is 6. The van der Waals surface area contributed by atoms with Gasteiger partial charge in [0.15, 0.2) is 6.29 Å². The van der Waals surface area contributed by atoms with Gasteiger partial charge in [0.05, 0.1) is 36.9 Å². The quantitative estimate of drug-likeness (QED) is 0.415. The van der Waals surface area contributed by atoms with Crippen molar-refractivity contribution in [3.63, 3.8) is 0 Å². The number of aryl methyl sites for hydroxylation is 1. The molecule has 0 spiro atoms. The fraction of sp³-hybridized carbons (Fsp3) is 0.476. The van der Waals surface area contributed by atoms with Crippen molar-refractivity contribution in [2.45, 2.75) is 38.7 Å². The lowest BCUT2D eigenvalue weighted by Crippen LogP contribution is -2.45. The normalized spacial score (nSPS) is 16.2. The number of piperidine rings is 1. The molecule has 3 rings (SSSR count). The van der Waals surface area contributed by atoms with Gasteiger partial charge in [-0.2, -0.15) is 5.10 Å². The lowest BCUT2D eigenvalue weighted by Gasteiger charge is -2.41. The second-order valence-electron chi connectivity index (χ2n) is 7.45. The summed E-state index contributed by atoms with van der Waals surface area (Å²) in [5, 5.41) is 4.33. The van der Waals surface area contributed by atoms with E-state index in [2.05, 4.69) is 23.5 Å². The van der Waals surface area contributed by atoms with E-state index in [1.54, 1.807) is 16.7 Å². The van der Waals surface area contributed by atoms with Crippen LogP contribution in [0.5, 0.6) is 0 Å². The highest BCUT2D eigenvalue weighted by Gasteiger charge is 2.32. The molecule has 7 nitrogen and oxygen atoms in total. The van der Waals surface area contributed by atoms with Crippen molar-refractivity contribution < 1.29 is 19.1 Å². The number of carbonyl (C=O) groups is 2. The average molecular weight is 385 g/mol. The summed E-state index contributed by atoms with van der Waals surface area (Å²) in [4.78, 5) is 25.6. The molecule has 1 aliphatic rings. The predicted molar refractivity (Wildman–Crippen MR) is 107 cm³/mol. The van der Waals surface area contributed by atoms with Gasteiger partial charge < -0.3 is 14.4 Å². The fourth-order valence-electron chi connectivity index (χ4n) is 3.75. The number of methoxy groups -OCH3 is 1. The number of ether oxygens (including phenoxy) is 2. The Morgan fingerprint density at radius 1 is 1.39 bits per heavy atom. The lowest BCUT2D eigenvalue weighted by atomic mass is 9.92. The van der Waals surface area contributed by atoms with Gasteiger partial charge in [-0.25, -0.2) is 4.52 Å². The zero-order valence-electron chi connectivity index (χ0n) is 16.7. The minimum absolute atomic E-state index is 0.177. The number of carbonyl (C=O) groups excluding carboxylic acids is 2. The van der Waals surface area contributed by atoms with Crippen molar-refractivity contribution in [1.29, 1.82) is 0 Å². The summed E-state index contributed by atoms with van der Waals surface area (Å²) in [6, 6.07) is 1.77. The van der Waals surface area contributed by atoms with E-state index in [1.807, 2.05) is 13.1 Å². The summed E-state index contributed by atoms with van der Waals surface area (Å²) < 4.78 is 12.6. The van der Waals surface area contributed by atoms with Gasteiger partial charge in [0.25, 0.3) is 0 Å². The highest BCUT2D eigenvalue weighted by atomic mass is 16.5. The first-order valence-electron chi connectivity index (χ1n) is 9.44. The van der Waals surface area contributed by atoms with Gasteiger partial charge in [0.2, 0.25) is 0 Å². The maximum absolute atomic E-state index is 12.0. The number of hydrogen-bond donors (Lipinski definition) is 0. The second-order valence-corrected chi connectivity index (χ2v) is 7.45. The molecule has 0 radical (unpaired) electrons. The molecule has 1 saturated heterocycles. The average Bonchev–Trinajstić information content (AvgIpc) is 3.10. The maximum atomic E-state index is 12.0. The maximum Gasteiger partial charge on any atom is 0.310 e. The first-order valence-corrected chi connectivity index (χ1v) is 9.44. The van der Waals surface area contributed by atoms with Crippen molar-refractivity contribution in [3.05, 3.63) is 41.7 Å². The number of fused-ring (bicyclic) bond motifs is 1. The molecule has 2 aromatic heterocycles. The molecule has 0 atom stereocenters. The Morgan fingerprint density at radius 3 is 2.71 bits per heavy atom. The third-order valence-corrected chi connectivity index (χ3v) is 5.43. The van der Waals surface area contributed by atoms with Gasteiger partial charge in [-0.1, -0.05) is 6.08 Å². The van der Waals surface area contributed by atoms with Crippen LogP contribution >= 0.6 is 0 Å². The molecule has 0 saturated carbocycles. The molecule has 150 valence electrons. The predicted octanol–water partition coefficient (Wildman–Crippen LogP) is 2.73. The summed E-state index contributed by atoms with van der Waals surface area (Å²) in [6.45, 7) is 9.89. The first-order chi connectivity index (χ1) is 13.4. The van der Waals surface area contributed by atoms with Gasteiger partial charge >= 0.3 is 5.97 Å². The molecule has 0 bridgehead atoms. The minimum Gasteiger partial charge on any atom is -0.469 e. The van der Waals surface area contributed by atoms with Crippen molar-refractivity contribution in [2.24, 2.45) is 0 Å². The number of aldehydes is 1. The Kier molecular flexibility index (Phi) is 5.84. The molecule has 0 unspecified atom stereocenters. The molecule has 0 aromatic carbocycles. The molecule has 0 amide bonds. The van der Waals surface area contributed by atoms with Crippen molar-refractivity contribution in [1.82, 2.24) is 9.61 Å². The van der Waals surface area contributed by atoms with Crippen LogP contribution in [-0.2, 0) is 20.7 Å². The molecule has 28 heavy (non-hydrogen) atoms. The van der Waals surface area contributed by atoms with Crippen LogP contribution in [0.25, 0.3) is 5.52 Å². The largest absolute Gasteiger partial charge is 0.469 e. The standard InChI is InChI=1S/C21H27N3O4/c1-5-10-28-21(3)6-8-23(9-7-21)20-17(12-19(26)27-4)15(2)13-24-18(20)11-16(14-25)22-24/h5,11,13-14H,1,6-10,12H2,2-4H3. The summed E-state index contributed by atoms with van der Waals surface area (Å²) in [5.74, 6) is -0.292. The van der Waals surface area contributed by atoms with E-state index >= 15 is 0 Å². The zero-order chi connectivity index (χ0) is 20.3. The Balaban J connectivity index is 2.01. The monoisotopic (exact) mass is 385 g/mol. The molecule has 0 aliphatic carbocycles. The molecule has 3 heterocycles. The smallest absolute Gasteiger partial charge is 0.310 e. The van der Waals surface area contributed by atoms with Crippen LogP contribution in [-0.4, -0.2) is 54.3 Å². The van der Waals surface area contributed by atoms with E-state index in [1.165, 1.54) is 7.11 Å². The van der Waals surface area contributed by atoms with E-state index in [4.69, 9.17) is 9.47 Å². The van der Waals surface area contributed by atoms with Crippen LogP contribution in [0, 0.1) is 6.92 Å². The number of pyridine rings is 1. The van der Waals surface area contributed by atoms with Crippen LogP contribution in [0.1, 0.15) is 41.4 Å². The Labute approximate surface area is 164 Å². The van der Waals surface area contributed by atoms with Crippen molar-refractivity contribution in [2.75, 3.05) is 31.7 Å². The summed E-state index contributed by atoms with van der Waals surface area (Å²) in [5.41, 5.74) is 3.78. The van der Waals surface area contributed by atoms with E-state index in [-0.39, 0.29) is 18.0 Å². The number of rotatable bonds is 7. The number of aromatic nitrogens is 2. The number of anilines is 1. The summed E-state index contributed by atoms with van der Waals surface area (Å²) in [7, 11) is 1.39. The molecule has 0 N–H and O–H groups in total. The van der Waals surface area contributed by atoms with Crippen LogP contribution in [0.2, 0.25) is 0 Å². The highest BCUT2D eigenvalue weighted by molar-refractivity contribution is 5.86. The SMILES string of the molecule is C=CCOC1(C)CCN(c2c(CC(=O)OC)c(C)cn3nc(C=O)cc23)CC1. The van der Waals surface area contributed by atoms with Crippen LogP contribution in [0.15, 0.2) is 24.9 Å². The topological polar surface area (TPSA) is 73.1 Å². The molecule has 1 aliphatic heterocycles. The van der Waals surface area contributed by atoms with Crippen LogP contribution in [0.3, 0.4) is 0 Å². The second kappa shape index (κ2) is 8.14. The molecule has 2 aromatic rings. The van der Waals surface area contributed by atoms with Gasteiger partial charge in [-0.05, 0) is 43.9 Å². The Morgan fingerprint density at radius 2 is 2.11 bits per heavy atom. The van der Waals surface area contributed by atoms with Gasteiger partial charge in [0, 0.05) is 19.3 Å². The van der Waals surface area contributed by atoms with Gasteiger partial charge in [-0.3, -0.25) is 9.59 Å². The van der Waals surface area contributed by atoms with Gasteiger partial charge in [-0.15, -0.1) is 6.58 Å². The summed E-state index contributed by atoms with van der Waals surface area (Å²) >= 11 is 0. The molecule has 7 heteroatoms. The van der Waals surface area contributed by atoms with Gasteiger partial charge in [0.1, 0.15) is 5.69 Å². The lowest BCUT2D eigenvalue weighted by molar-refractivity contribution is -0.139. The number of nitrogens with zero attached hydrogens (tertiary/aromatic N) is 3.